The van der Waals surface area contributed by atoms with Crippen molar-refractivity contribution in [1.82, 2.24) is 4.90 Å². The summed E-state index contributed by atoms with van der Waals surface area (Å²) in [4.78, 5) is 1.99. The number of aliphatic hydroxyl groups is 3. The highest BCUT2D eigenvalue weighted by Gasteiger charge is 2.46. The van der Waals surface area contributed by atoms with Gasteiger partial charge in [-0.3, -0.25) is 4.90 Å². The summed E-state index contributed by atoms with van der Waals surface area (Å²) in [6, 6.07) is -0.244. The minimum Gasteiger partial charge on any atom is -0.391 e. The highest BCUT2D eigenvalue weighted by Crippen LogP contribution is 2.30. The summed E-state index contributed by atoms with van der Waals surface area (Å²) in [5.41, 5.74) is 0. The molecule has 0 bridgehead atoms. The molecular formula is C9H17NO3. The Labute approximate surface area is 77.8 Å². The van der Waals surface area contributed by atoms with E-state index in [0.29, 0.717) is 12.5 Å². The van der Waals surface area contributed by atoms with Crippen LogP contribution in [0.25, 0.3) is 0 Å². The van der Waals surface area contributed by atoms with Crippen molar-refractivity contribution >= 4 is 0 Å². The molecule has 3 N–H and O–H groups in total. The maximum atomic E-state index is 9.73. The molecule has 2 rings (SSSR count). The maximum absolute atomic E-state index is 9.73. The molecule has 4 nitrogen and oxygen atoms in total. The van der Waals surface area contributed by atoms with Gasteiger partial charge in [-0.15, -0.1) is 0 Å². The lowest BCUT2D eigenvalue weighted by Gasteiger charge is -2.37. The fraction of sp³-hybridized carbons (Fsp3) is 1.00. The Morgan fingerprint density at radius 2 is 1.77 bits per heavy atom. The highest BCUT2D eigenvalue weighted by atomic mass is 16.3. The van der Waals surface area contributed by atoms with Crippen molar-refractivity contribution in [2.24, 2.45) is 5.92 Å². The van der Waals surface area contributed by atoms with Crippen LogP contribution in [-0.2, 0) is 0 Å². The summed E-state index contributed by atoms with van der Waals surface area (Å²) in [7, 11) is 0. The van der Waals surface area contributed by atoms with Crippen molar-refractivity contribution in [2.75, 3.05) is 13.1 Å². The number of hydrogen-bond acceptors (Lipinski definition) is 4. The Kier molecular flexibility index (Phi) is 2.32. The summed E-state index contributed by atoms with van der Waals surface area (Å²) < 4.78 is 0. The smallest absolute Gasteiger partial charge is 0.0991 e. The monoisotopic (exact) mass is 187 g/mol. The Hall–Kier alpha value is -0.160. The number of hydrogen-bond donors (Lipinski definition) is 3. The van der Waals surface area contributed by atoms with E-state index in [0.717, 1.165) is 13.0 Å². The summed E-state index contributed by atoms with van der Waals surface area (Å²) in [6.07, 6.45) is -1.23. The van der Waals surface area contributed by atoms with Gasteiger partial charge in [0.15, 0.2) is 0 Å². The fourth-order valence-corrected chi connectivity index (χ4v) is 2.61. The minimum absolute atomic E-state index is 0.244. The topological polar surface area (TPSA) is 63.9 Å². The number of fused-ring (bicyclic) bond motifs is 1. The van der Waals surface area contributed by atoms with E-state index in [-0.39, 0.29) is 6.04 Å². The molecular weight excluding hydrogens is 170 g/mol. The first kappa shape index (κ1) is 9.40. The third-order valence-electron chi connectivity index (χ3n) is 3.17. The van der Waals surface area contributed by atoms with Crippen LogP contribution in [0.2, 0.25) is 0 Å². The van der Waals surface area contributed by atoms with Crippen molar-refractivity contribution in [3.8, 4) is 0 Å². The van der Waals surface area contributed by atoms with E-state index in [4.69, 9.17) is 0 Å². The second-order valence-corrected chi connectivity index (χ2v) is 4.41. The molecule has 0 aromatic rings. The lowest BCUT2D eigenvalue weighted by molar-refractivity contribution is -0.0404. The molecule has 4 heteroatoms. The third kappa shape index (κ3) is 1.48. The van der Waals surface area contributed by atoms with E-state index in [1.807, 2.05) is 4.90 Å². The third-order valence-corrected chi connectivity index (χ3v) is 3.17. The van der Waals surface area contributed by atoms with E-state index in [1.54, 1.807) is 0 Å². The van der Waals surface area contributed by atoms with Crippen LogP contribution in [0.15, 0.2) is 0 Å². The molecule has 0 aromatic heterocycles. The predicted molar refractivity (Wildman–Crippen MR) is 47.2 cm³/mol. The second-order valence-electron chi connectivity index (χ2n) is 4.41. The normalized spacial score (nSPS) is 52.2. The lowest BCUT2D eigenvalue weighted by atomic mass is 9.91. The Morgan fingerprint density at radius 1 is 1.08 bits per heavy atom. The van der Waals surface area contributed by atoms with Crippen molar-refractivity contribution in [1.29, 1.82) is 0 Å². The van der Waals surface area contributed by atoms with E-state index in [9.17, 15) is 15.3 Å². The van der Waals surface area contributed by atoms with E-state index >= 15 is 0 Å². The lowest BCUT2D eigenvalue weighted by Crippen LogP contribution is -2.51. The van der Waals surface area contributed by atoms with Crippen LogP contribution in [0.5, 0.6) is 0 Å². The molecule has 2 aliphatic rings. The SMILES string of the molecule is C[C@H]1C[C@H](O)[C@H]2[C@@H](O)[C@@H](O)CN2C1. The molecule has 0 radical (unpaired) electrons. The van der Waals surface area contributed by atoms with E-state index in [2.05, 4.69) is 6.92 Å². The Morgan fingerprint density at radius 3 is 2.46 bits per heavy atom. The molecule has 0 unspecified atom stereocenters. The zero-order valence-electron chi connectivity index (χ0n) is 7.80. The zero-order valence-corrected chi connectivity index (χ0v) is 7.80. The van der Waals surface area contributed by atoms with Crippen LogP contribution in [0.1, 0.15) is 13.3 Å². The largest absolute Gasteiger partial charge is 0.391 e. The Bertz CT molecular complexity index is 197. The van der Waals surface area contributed by atoms with Crippen LogP contribution in [0.3, 0.4) is 0 Å². The van der Waals surface area contributed by atoms with Gasteiger partial charge in [0.2, 0.25) is 0 Å². The molecule has 2 fully saturated rings. The van der Waals surface area contributed by atoms with Crippen molar-refractivity contribution in [2.45, 2.75) is 37.7 Å². The van der Waals surface area contributed by atoms with Gasteiger partial charge in [-0.25, -0.2) is 0 Å². The van der Waals surface area contributed by atoms with Gasteiger partial charge in [0.05, 0.1) is 24.4 Å². The van der Waals surface area contributed by atoms with Crippen LogP contribution in [0.4, 0.5) is 0 Å². The van der Waals surface area contributed by atoms with Crippen molar-refractivity contribution in [3.63, 3.8) is 0 Å². The van der Waals surface area contributed by atoms with Crippen LogP contribution >= 0.6 is 0 Å². The van der Waals surface area contributed by atoms with Crippen molar-refractivity contribution in [3.05, 3.63) is 0 Å². The molecule has 0 spiro atoms. The standard InChI is InChI=1S/C9H17NO3/c1-5-2-6(11)8-9(13)7(12)4-10(8)3-5/h5-9,11-13H,2-4H2,1H3/t5-,6-,7-,8-,9-/m0/s1. The molecule has 76 valence electrons. The van der Waals surface area contributed by atoms with Gasteiger partial charge in [-0.2, -0.15) is 0 Å². The Balaban J connectivity index is 2.12. The first-order valence-electron chi connectivity index (χ1n) is 4.88. The molecule has 0 aromatic carbocycles. The van der Waals surface area contributed by atoms with Gasteiger partial charge in [-0.1, -0.05) is 6.92 Å². The summed E-state index contributed by atoms with van der Waals surface area (Å²) in [6.45, 7) is 3.44. The van der Waals surface area contributed by atoms with E-state index in [1.165, 1.54) is 0 Å². The second kappa shape index (κ2) is 3.20. The van der Waals surface area contributed by atoms with Crippen molar-refractivity contribution < 1.29 is 15.3 Å². The quantitative estimate of drug-likeness (QED) is 0.445. The average molecular weight is 187 g/mol. The molecule has 2 heterocycles. The predicted octanol–water partition coefficient (Wildman–Crippen LogP) is -1.21. The number of nitrogens with zero attached hydrogens (tertiary/aromatic N) is 1. The maximum Gasteiger partial charge on any atom is 0.0991 e. The van der Waals surface area contributed by atoms with E-state index < -0.39 is 18.3 Å². The molecule has 2 aliphatic heterocycles. The zero-order chi connectivity index (χ0) is 9.59. The molecule has 2 saturated heterocycles. The first-order chi connectivity index (χ1) is 6.09. The number of rotatable bonds is 0. The van der Waals surface area contributed by atoms with Gasteiger partial charge in [0.25, 0.3) is 0 Å². The summed E-state index contributed by atoms with van der Waals surface area (Å²) in [5, 5.41) is 28.8. The molecule has 5 atom stereocenters. The summed E-state index contributed by atoms with van der Waals surface area (Å²) >= 11 is 0. The van der Waals surface area contributed by atoms with Crippen LogP contribution < -0.4 is 0 Å². The first-order valence-corrected chi connectivity index (χ1v) is 4.88. The van der Waals surface area contributed by atoms with Gasteiger partial charge < -0.3 is 15.3 Å². The van der Waals surface area contributed by atoms with Gasteiger partial charge >= 0.3 is 0 Å². The molecule has 0 saturated carbocycles. The van der Waals surface area contributed by atoms with Gasteiger partial charge in [-0.05, 0) is 12.3 Å². The van der Waals surface area contributed by atoms with Gasteiger partial charge in [0.1, 0.15) is 0 Å². The van der Waals surface area contributed by atoms with Crippen LogP contribution in [0, 0.1) is 5.92 Å². The minimum atomic E-state index is -0.775. The molecule has 13 heavy (non-hydrogen) atoms. The molecule has 0 amide bonds. The molecule has 0 aliphatic carbocycles. The average Bonchev–Trinajstić information content (AvgIpc) is 2.27. The van der Waals surface area contributed by atoms with Crippen LogP contribution in [-0.4, -0.2) is 57.7 Å². The summed E-state index contributed by atoms with van der Waals surface area (Å²) in [5.74, 6) is 0.448. The number of aliphatic hydroxyl groups excluding tert-OH is 3. The highest BCUT2D eigenvalue weighted by molar-refractivity contribution is 5.00. The number of piperidine rings is 1. The fourth-order valence-electron chi connectivity index (χ4n) is 2.61. The van der Waals surface area contributed by atoms with Gasteiger partial charge in [0, 0.05) is 13.1 Å².